The van der Waals surface area contributed by atoms with Gasteiger partial charge in [-0.2, -0.15) is 0 Å². The molecule has 0 amide bonds. The van der Waals surface area contributed by atoms with Crippen molar-refractivity contribution in [3.63, 3.8) is 0 Å². The highest BCUT2D eigenvalue weighted by molar-refractivity contribution is 9.10. The summed E-state index contributed by atoms with van der Waals surface area (Å²) in [6.45, 7) is 0. The van der Waals surface area contributed by atoms with Crippen LogP contribution in [0, 0.1) is 0 Å². The molecule has 0 aliphatic carbocycles. The van der Waals surface area contributed by atoms with E-state index in [4.69, 9.17) is 0 Å². The van der Waals surface area contributed by atoms with Crippen molar-refractivity contribution in [3.8, 4) is 22.3 Å². The lowest BCUT2D eigenvalue weighted by Crippen LogP contribution is -2.10. The average molecular weight is 651 g/mol. The SMILES string of the molecule is Brc1ccc2ccc3c(N(c4ccc(-c5ccccc5)cc4)c4ccc(-c5cccc6ccccc56)cc4)ccc4ccc1c2c43. The minimum absolute atomic E-state index is 1.12. The summed E-state index contributed by atoms with van der Waals surface area (Å²) in [6.07, 6.45) is 0. The lowest BCUT2D eigenvalue weighted by Gasteiger charge is -2.28. The van der Waals surface area contributed by atoms with Crippen LogP contribution in [0.15, 0.2) is 174 Å². The van der Waals surface area contributed by atoms with Crippen molar-refractivity contribution in [3.05, 3.63) is 174 Å². The molecule has 0 aliphatic rings. The molecule has 9 aromatic rings. The van der Waals surface area contributed by atoms with Gasteiger partial charge in [0, 0.05) is 21.2 Å². The Morgan fingerprint density at radius 2 is 0.913 bits per heavy atom. The highest BCUT2D eigenvalue weighted by atomic mass is 79.9. The van der Waals surface area contributed by atoms with E-state index in [1.807, 2.05) is 0 Å². The molecule has 0 atom stereocenters. The first-order valence-electron chi connectivity index (χ1n) is 15.6. The summed E-state index contributed by atoms with van der Waals surface area (Å²) in [7, 11) is 0. The molecule has 0 bridgehead atoms. The third-order valence-electron chi connectivity index (χ3n) is 9.29. The second kappa shape index (κ2) is 10.9. The van der Waals surface area contributed by atoms with E-state index < -0.39 is 0 Å². The molecular weight excluding hydrogens is 622 g/mol. The Labute approximate surface area is 276 Å². The molecule has 0 spiro atoms. The number of benzene rings is 9. The Morgan fingerprint density at radius 1 is 0.348 bits per heavy atom. The molecular formula is C44H28BrN. The summed E-state index contributed by atoms with van der Waals surface area (Å²) < 4.78 is 1.12. The minimum Gasteiger partial charge on any atom is -0.310 e. The Hall–Kier alpha value is -5.44. The van der Waals surface area contributed by atoms with Gasteiger partial charge < -0.3 is 4.90 Å². The maximum absolute atomic E-state index is 3.82. The van der Waals surface area contributed by atoms with E-state index in [2.05, 4.69) is 191 Å². The predicted octanol–water partition coefficient (Wildman–Crippen LogP) is 13.3. The number of hydrogen-bond acceptors (Lipinski definition) is 1. The van der Waals surface area contributed by atoms with Crippen LogP contribution in [0.3, 0.4) is 0 Å². The van der Waals surface area contributed by atoms with E-state index in [1.54, 1.807) is 0 Å². The van der Waals surface area contributed by atoms with Gasteiger partial charge in [0.05, 0.1) is 5.69 Å². The van der Waals surface area contributed by atoms with Gasteiger partial charge in [0.1, 0.15) is 0 Å². The molecule has 0 heterocycles. The third kappa shape index (κ3) is 4.37. The van der Waals surface area contributed by atoms with E-state index in [0.29, 0.717) is 0 Å². The van der Waals surface area contributed by atoms with Gasteiger partial charge in [-0.1, -0.05) is 149 Å². The highest BCUT2D eigenvalue weighted by Gasteiger charge is 2.19. The number of hydrogen-bond donors (Lipinski definition) is 0. The quantitative estimate of drug-likeness (QED) is 0.168. The maximum Gasteiger partial charge on any atom is 0.0540 e. The zero-order chi connectivity index (χ0) is 30.6. The largest absolute Gasteiger partial charge is 0.310 e. The number of halogens is 1. The molecule has 0 unspecified atom stereocenters. The van der Waals surface area contributed by atoms with Crippen LogP contribution in [0.2, 0.25) is 0 Å². The molecule has 216 valence electrons. The Kier molecular flexibility index (Phi) is 6.36. The van der Waals surface area contributed by atoms with Crippen LogP contribution in [0.5, 0.6) is 0 Å². The zero-order valence-electron chi connectivity index (χ0n) is 25.0. The normalized spacial score (nSPS) is 11.6. The van der Waals surface area contributed by atoms with Crippen molar-refractivity contribution >= 4 is 76.1 Å². The lowest BCUT2D eigenvalue weighted by molar-refractivity contribution is 1.30. The first-order valence-corrected chi connectivity index (χ1v) is 16.4. The third-order valence-corrected chi connectivity index (χ3v) is 9.98. The van der Waals surface area contributed by atoms with Crippen LogP contribution in [0.4, 0.5) is 17.1 Å². The lowest BCUT2D eigenvalue weighted by atomic mass is 9.93. The summed E-state index contributed by atoms with van der Waals surface area (Å²) in [4.78, 5) is 2.41. The summed E-state index contributed by atoms with van der Waals surface area (Å²) in [5.74, 6) is 0. The Morgan fingerprint density at radius 3 is 1.67 bits per heavy atom. The summed E-state index contributed by atoms with van der Waals surface area (Å²) >= 11 is 3.82. The van der Waals surface area contributed by atoms with Crippen LogP contribution in [-0.4, -0.2) is 0 Å². The number of rotatable bonds is 5. The Bertz CT molecular complexity index is 2510. The average Bonchev–Trinajstić information content (AvgIpc) is 3.13. The smallest absolute Gasteiger partial charge is 0.0540 e. The van der Waals surface area contributed by atoms with E-state index in [0.717, 1.165) is 21.5 Å². The molecule has 0 radical (unpaired) electrons. The molecule has 0 fully saturated rings. The van der Waals surface area contributed by atoms with Gasteiger partial charge in [0.15, 0.2) is 0 Å². The fraction of sp³-hybridized carbons (Fsp3) is 0. The molecule has 0 aromatic heterocycles. The number of anilines is 3. The fourth-order valence-corrected chi connectivity index (χ4v) is 7.54. The van der Waals surface area contributed by atoms with E-state index in [-0.39, 0.29) is 0 Å². The van der Waals surface area contributed by atoms with Crippen LogP contribution in [0.1, 0.15) is 0 Å². The van der Waals surface area contributed by atoms with Gasteiger partial charge in [-0.05, 0) is 96.4 Å². The Balaban J connectivity index is 1.24. The molecule has 46 heavy (non-hydrogen) atoms. The van der Waals surface area contributed by atoms with Gasteiger partial charge in [0.2, 0.25) is 0 Å². The van der Waals surface area contributed by atoms with Crippen LogP contribution in [0.25, 0.3) is 65.3 Å². The van der Waals surface area contributed by atoms with Crippen LogP contribution >= 0.6 is 15.9 Å². The van der Waals surface area contributed by atoms with Crippen molar-refractivity contribution < 1.29 is 0 Å². The van der Waals surface area contributed by atoms with Crippen LogP contribution < -0.4 is 4.90 Å². The summed E-state index contributed by atoms with van der Waals surface area (Å²) in [5, 5.41) is 10.1. The summed E-state index contributed by atoms with van der Waals surface area (Å²) in [6, 6.07) is 61.7. The fourth-order valence-electron chi connectivity index (χ4n) is 7.07. The van der Waals surface area contributed by atoms with Gasteiger partial charge in [-0.25, -0.2) is 0 Å². The standard InChI is InChI=1S/C44H28BrN/c45-41-27-19-33-18-26-40-42(28-20-34-17-25-39(41)43(33)44(34)40)46(35-21-13-30(14-22-35)29-7-2-1-3-8-29)36-23-15-32(16-24-36)38-12-6-10-31-9-4-5-11-37(31)38/h1-28H. The molecule has 0 saturated carbocycles. The zero-order valence-corrected chi connectivity index (χ0v) is 26.6. The molecule has 0 aliphatic heterocycles. The number of fused-ring (bicyclic) bond motifs is 1. The molecule has 9 rings (SSSR count). The second-order valence-electron chi connectivity index (χ2n) is 11.9. The van der Waals surface area contributed by atoms with Crippen molar-refractivity contribution in [2.75, 3.05) is 4.90 Å². The van der Waals surface area contributed by atoms with Crippen LogP contribution in [-0.2, 0) is 0 Å². The van der Waals surface area contributed by atoms with E-state index in [1.165, 1.54) is 65.3 Å². The minimum atomic E-state index is 1.12. The maximum atomic E-state index is 3.82. The van der Waals surface area contributed by atoms with Gasteiger partial charge in [-0.15, -0.1) is 0 Å². The van der Waals surface area contributed by atoms with Gasteiger partial charge in [-0.3, -0.25) is 0 Å². The van der Waals surface area contributed by atoms with E-state index >= 15 is 0 Å². The predicted molar refractivity (Wildman–Crippen MR) is 201 cm³/mol. The second-order valence-corrected chi connectivity index (χ2v) is 12.7. The topological polar surface area (TPSA) is 3.24 Å². The molecule has 2 heteroatoms. The van der Waals surface area contributed by atoms with Gasteiger partial charge in [0.25, 0.3) is 0 Å². The first-order chi connectivity index (χ1) is 22.7. The highest BCUT2D eigenvalue weighted by Crippen LogP contribution is 2.45. The first kappa shape index (κ1) is 26.9. The summed E-state index contributed by atoms with van der Waals surface area (Å²) in [5.41, 5.74) is 8.27. The molecule has 0 saturated heterocycles. The van der Waals surface area contributed by atoms with E-state index in [9.17, 15) is 0 Å². The van der Waals surface area contributed by atoms with Crippen molar-refractivity contribution in [1.29, 1.82) is 0 Å². The molecule has 9 aromatic carbocycles. The van der Waals surface area contributed by atoms with Gasteiger partial charge >= 0.3 is 0 Å². The van der Waals surface area contributed by atoms with Crippen molar-refractivity contribution in [2.45, 2.75) is 0 Å². The van der Waals surface area contributed by atoms with Crippen molar-refractivity contribution in [1.82, 2.24) is 0 Å². The monoisotopic (exact) mass is 649 g/mol. The molecule has 0 N–H and O–H groups in total. The number of nitrogens with zero attached hydrogens (tertiary/aromatic N) is 1. The van der Waals surface area contributed by atoms with Crippen molar-refractivity contribution in [2.24, 2.45) is 0 Å². The molecule has 1 nitrogen and oxygen atoms in total.